The van der Waals surface area contributed by atoms with E-state index in [1.54, 1.807) is 0 Å². The fourth-order valence-electron chi connectivity index (χ4n) is 3.79. The molecular formula is C20H33N3O. The summed E-state index contributed by atoms with van der Waals surface area (Å²) in [6, 6.07) is 8.94. The minimum absolute atomic E-state index is 0.106. The Balaban J connectivity index is 1.44. The van der Waals surface area contributed by atoms with Gasteiger partial charge in [-0.05, 0) is 68.9 Å². The highest BCUT2D eigenvalue weighted by Crippen LogP contribution is 2.29. The Morgan fingerprint density at radius 3 is 2.33 bits per heavy atom. The summed E-state index contributed by atoms with van der Waals surface area (Å²) in [5, 5.41) is 13.3. The minimum atomic E-state index is -0.106. The van der Waals surface area contributed by atoms with Crippen LogP contribution in [0.2, 0.25) is 0 Å². The molecule has 2 saturated heterocycles. The molecule has 0 radical (unpaired) electrons. The first-order valence-electron chi connectivity index (χ1n) is 9.45. The van der Waals surface area contributed by atoms with Crippen LogP contribution in [-0.2, 0) is 6.54 Å². The number of hydrogen-bond donors (Lipinski definition) is 2. The average Bonchev–Trinajstić information content (AvgIpc) is 2.59. The molecule has 2 aliphatic rings. The predicted octanol–water partition coefficient (Wildman–Crippen LogP) is 2.47. The van der Waals surface area contributed by atoms with Crippen LogP contribution in [0.1, 0.15) is 38.2 Å². The van der Waals surface area contributed by atoms with Crippen molar-refractivity contribution in [2.45, 2.75) is 45.3 Å². The molecule has 2 heterocycles. The number of aliphatic hydroxyl groups excluding tert-OH is 1. The largest absolute Gasteiger partial charge is 0.393 e. The van der Waals surface area contributed by atoms with Gasteiger partial charge in [0.25, 0.3) is 0 Å². The van der Waals surface area contributed by atoms with Gasteiger partial charge in [0.2, 0.25) is 0 Å². The number of aliphatic hydroxyl groups is 1. The van der Waals surface area contributed by atoms with E-state index >= 15 is 0 Å². The van der Waals surface area contributed by atoms with Gasteiger partial charge in [0, 0.05) is 31.9 Å². The van der Waals surface area contributed by atoms with Crippen LogP contribution in [0.4, 0.5) is 5.69 Å². The summed E-state index contributed by atoms with van der Waals surface area (Å²) in [5.41, 5.74) is 3.08. The van der Waals surface area contributed by atoms with Gasteiger partial charge in [-0.25, -0.2) is 0 Å². The van der Waals surface area contributed by atoms with Gasteiger partial charge in [0.05, 0.1) is 6.10 Å². The van der Waals surface area contributed by atoms with Crippen LogP contribution in [0, 0.1) is 5.41 Å². The Bertz CT molecular complexity index is 500. The lowest BCUT2D eigenvalue weighted by molar-refractivity contribution is 0.137. The third kappa shape index (κ3) is 4.71. The van der Waals surface area contributed by atoms with Gasteiger partial charge in [-0.1, -0.05) is 19.1 Å². The van der Waals surface area contributed by atoms with E-state index in [1.165, 1.54) is 37.2 Å². The highest BCUT2D eigenvalue weighted by molar-refractivity contribution is 5.48. The monoisotopic (exact) mass is 331 g/mol. The number of nitrogens with zero attached hydrogens (tertiary/aromatic N) is 2. The van der Waals surface area contributed by atoms with Gasteiger partial charge >= 0.3 is 0 Å². The smallest absolute Gasteiger partial charge is 0.0574 e. The van der Waals surface area contributed by atoms with Crippen molar-refractivity contribution in [3.8, 4) is 0 Å². The Morgan fingerprint density at radius 1 is 1.08 bits per heavy atom. The van der Waals surface area contributed by atoms with Gasteiger partial charge in [-0.3, -0.25) is 0 Å². The maximum atomic E-state index is 9.62. The van der Waals surface area contributed by atoms with Gasteiger partial charge in [0.1, 0.15) is 0 Å². The van der Waals surface area contributed by atoms with Crippen molar-refractivity contribution in [1.82, 2.24) is 10.2 Å². The van der Waals surface area contributed by atoms with Crippen LogP contribution in [-0.4, -0.2) is 55.9 Å². The molecular weight excluding hydrogens is 298 g/mol. The van der Waals surface area contributed by atoms with E-state index in [4.69, 9.17) is 0 Å². The maximum Gasteiger partial charge on any atom is 0.0574 e. The standard InChI is InChI=1S/C20H33N3O/c1-20(9-13-22(2)14-10-20)16-21-15-17-3-5-18(6-4-17)23-11-7-19(24)8-12-23/h3-6,19,21,24H,7-16H2,1-2H3. The summed E-state index contributed by atoms with van der Waals surface area (Å²) >= 11 is 0. The molecule has 2 fully saturated rings. The number of anilines is 1. The molecule has 0 atom stereocenters. The number of piperidine rings is 2. The van der Waals surface area contributed by atoms with Gasteiger partial charge in [-0.15, -0.1) is 0 Å². The molecule has 3 rings (SSSR count). The predicted molar refractivity (Wildman–Crippen MR) is 100 cm³/mol. The van der Waals surface area contributed by atoms with Crippen LogP contribution in [0.5, 0.6) is 0 Å². The SMILES string of the molecule is CN1CCC(C)(CNCc2ccc(N3CCC(O)CC3)cc2)CC1. The van der Waals surface area contributed by atoms with Crippen LogP contribution in [0.25, 0.3) is 0 Å². The fourth-order valence-corrected chi connectivity index (χ4v) is 3.79. The van der Waals surface area contributed by atoms with E-state index in [0.29, 0.717) is 5.41 Å². The fraction of sp³-hybridized carbons (Fsp3) is 0.700. The molecule has 4 heteroatoms. The highest BCUT2D eigenvalue weighted by Gasteiger charge is 2.28. The zero-order chi connectivity index (χ0) is 17.0. The molecule has 0 saturated carbocycles. The first-order valence-corrected chi connectivity index (χ1v) is 9.45. The average molecular weight is 332 g/mol. The summed E-state index contributed by atoms with van der Waals surface area (Å²) in [7, 11) is 2.22. The number of hydrogen-bond acceptors (Lipinski definition) is 4. The van der Waals surface area contributed by atoms with Crippen molar-refractivity contribution in [2.24, 2.45) is 5.41 Å². The summed E-state index contributed by atoms with van der Waals surface area (Å²) in [4.78, 5) is 4.81. The van der Waals surface area contributed by atoms with Crippen LogP contribution in [0.3, 0.4) is 0 Å². The first kappa shape index (κ1) is 17.7. The van der Waals surface area contributed by atoms with Gasteiger partial charge in [0.15, 0.2) is 0 Å². The van der Waals surface area contributed by atoms with Gasteiger partial charge in [-0.2, -0.15) is 0 Å². The third-order valence-corrected chi connectivity index (χ3v) is 5.84. The van der Waals surface area contributed by atoms with Crippen molar-refractivity contribution in [1.29, 1.82) is 0 Å². The molecule has 0 amide bonds. The number of likely N-dealkylation sites (tertiary alicyclic amines) is 1. The zero-order valence-corrected chi connectivity index (χ0v) is 15.3. The molecule has 4 nitrogen and oxygen atoms in total. The summed E-state index contributed by atoms with van der Waals surface area (Å²) in [6.45, 7) is 8.84. The Kier molecular flexibility index (Phi) is 5.80. The lowest BCUT2D eigenvalue weighted by Crippen LogP contribution is -2.41. The normalized spacial score (nSPS) is 22.7. The molecule has 0 aromatic heterocycles. The van der Waals surface area contributed by atoms with E-state index in [9.17, 15) is 5.11 Å². The van der Waals surface area contributed by atoms with Crippen LogP contribution in [0.15, 0.2) is 24.3 Å². The number of benzene rings is 1. The van der Waals surface area contributed by atoms with Crippen molar-refractivity contribution < 1.29 is 5.11 Å². The van der Waals surface area contributed by atoms with Crippen molar-refractivity contribution in [3.05, 3.63) is 29.8 Å². The van der Waals surface area contributed by atoms with Crippen LogP contribution >= 0.6 is 0 Å². The lowest BCUT2D eigenvalue weighted by atomic mass is 9.80. The van der Waals surface area contributed by atoms with Crippen molar-refractivity contribution >= 4 is 5.69 Å². The molecule has 134 valence electrons. The lowest BCUT2D eigenvalue weighted by Gasteiger charge is -2.38. The molecule has 1 aromatic rings. The van der Waals surface area contributed by atoms with Crippen molar-refractivity contribution in [2.75, 3.05) is 44.7 Å². The Hall–Kier alpha value is -1.10. The topological polar surface area (TPSA) is 38.7 Å². The summed E-state index contributed by atoms with van der Waals surface area (Å²) in [6.07, 6.45) is 4.24. The number of rotatable bonds is 5. The second-order valence-electron chi connectivity index (χ2n) is 8.10. The molecule has 2 N–H and O–H groups in total. The molecule has 0 bridgehead atoms. The maximum absolute atomic E-state index is 9.62. The van der Waals surface area contributed by atoms with Crippen molar-refractivity contribution in [3.63, 3.8) is 0 Å². The molecule has 0 aliphatic carbocycles. The summed E-state index contributed by atoms with van der Waals surface area (Å²) in [5.74, 6) is 0. The number of nitrogens with one attached hydrogen (secondary N) is 1. The molecule has 2 aliphatic heterocycles. The Labute approximate surface area is 146 Å². The first-order chi connectivity index (χ1) is 11.5. The third-order valence-electron chi connectivity index (χ3n) is 5.84. The molecule has 0 unspecified atom stereocenters. The second kappa shape index (κ2) is 7.85. The van der Waals surface area contributed by atoms with E-state index in [1.807, 2.05) is 0 Å². The minimum Gasteiger partial charge on any atom is -0.393 e. The quantitative estimate of drug-likeness (QED) is 0.869. The van der Waals surface area contributed by atoms with E-state index in [-0.39, 0.29) is 6.10 Å². The van der Waals surface area contributed by atoms with Gasteiger partial charge < -0.3 is 20.2 Å². The van der Waals surface area contributed by atoms with E-state index in [2.05, 4.69) is 53.4 Å². The van der Waals surface area contributed by atoms with E-state index < -0.39 is 0 Å². The molecule has 24 heavy (non-hydrogen) atoms. The second-order valence-corrected chi connectivity index (χ2v) is 8.10. The molecule has 1 aromatic carbocycles. The summed E-state index contributed by atoms with van der Waals surface area (Å²) < 4.78 is 0. The highest BCUT2D eigenvalue weighted by atomic mass is 16.3. The Morgan fingerprint density at radius 2 is 1.71 bits per heavy atom. The van der Waals surface area contributed by atoms with Crippen LogP contribution < -0.4 is 10.2 Å². The molecule has 0 spiro atoms. The zero-order valence-electron chi connectivity index (χ0n) is 15.3. The van der Waals surface area contributed by atoms with E-state index in [0.717, 1.165) is 39.0 Å².